The van der Waals surface area contributed by atoms with Gasteiger partial charge in [0.15, 0.2) is 11.5 Å². The van der Waals surface area contributed by atoms with E-state index < -0.39 is 10.8 Å². The molecule has 0 aliphatic carbocycles. The Bertz CT molecular complexity index is 1200. The normalized spacial score (nSPS) is 10.8. The second kappa shape index (κ2) is 11.4. The van der Waals surface area contributed by atoms with Crippen LogP contribution in [0.5, 0.6) is 11.5 Å². The number of nitro groups is 1. The van der Waals surface area contributed by atoms with Crippen LogP contribution in [-0.4, -0.2) is 23.7 Å². The topological polar surface area (TPSA) is 103 Å². The van der Waals surface area contributed by atoms with E-state index in [1.54, 1.807) is 18.2 Å². The number of non-ortho nitro benzene ring substituents is 1. The van der Waals surface area contributed by atoms with Crippen LogP contribution in [0, 0.1) is 10.1 Å². The number of carbonyl (C=O) groups is 1. The Morgan fingerprint density at radius 1 is 1.18 bits per heavy atom. The van der Waals surface area contributed by atoms with Crippen LogP contribution >= 0.6 is 27.5 Å². The van der Waals surface area contributed by atoms with Crippen LogP contribution < -0.4 is 14.9 Å². The number of nitro benzene ring substituents is 1. The Morgan fingerprint density at radius 3 is 2.70 bits per heavy atom. The van der Waals surface area contributed by atoms with Gasteiger partial charge in [0.1, 0.15) is 6.61 Å². The second-order valence-electron chi connectivity index (χ2n) is 6.65. The molecule has 3 rings (SSSR count). The Kier molecular flexibility index (Phi) is 8.39. The minimum absolute atomic E-state index is 0.126. The van der Waals surface area contributed by atoms with Crippen molar-refractivity contribution in [1.82, 2.24) is 5.43 Å². The number of hydrogen-bond acceptors (Lipinski definition) is 6. The fraction of sp³-hybridized carbons (Fsp3) is 0.130. The molecule has 0 spiro atoms. The highest BCUT2D eigenvalue weighted by molar-refractivity contribution is 9.10. The maximum Gasteiger partial charge on any atom is 0.271 e. The van der Waals surface area contributed by atoms with Gasteiger partial charge >= 0.3 is 0 Å². The lowest BCUT2D eigenvalue weighted by molar-refractivity contribution is -0.384. The number of nitrogens with one attached hydrogen (secondary N) is 1. The summed E-state index contributed by atoms with van der Waals surface area (Å²) in [7, 11) is 0. The Labute approximate surface area is 203 Å². The first-order valence-corrected chi connectivity index (χ1v) is 11.0. The number of ether oxygens (including phenoxy) is 2. The van der Waals surface area contributed by atoms with E-state index in [-0.39, 0.29) is 17.9 Å². The van der Waals surface area contributed by atoms with E-state index in [0.717, 1.165) is 5.56 Å². The van der Waals surface area contributed by atoms with Crippen molar-refractivity contribution in [1.29, 1.82) is 0 Å². The van der Waals surface area contributed by atoms with Crippen LogP contribution in [0.15, 0.2) is 70.2 Å². The molecule has 0 saturated carbocycles. The van der Waals surface area contributed by atoms with Crippen molar-refractivity contribution in [3.63, 3.8) is 0 Å². The molecule has 0 bridgehead atoms. The highest BCUT2D eigenvalue weighted by atomic mass is 79.9. The van der Waals surface area contributed by atoms with Crippen molar-refractivity contribution < 1.29 is 19.2 Å². The van der Waals surface area contributed by atoms with E-state index >= 15 is 0 Å². The van der Waals surface area contributed by atoms with E-state index in [9.17, 15) is 14.9 Å². The first kappa shape index (κ1) is 24.2. The van der Waals surface area contributed by atoms with Gasteiger partial charge < -0.3 is 9.47 Å². The van der Waals surface area contributed by atoms with Crippen LogP contribution in [0.2, 0.25) is 5.02 Å². The van der Waals surface area contributed by atoms with Gasteiger partial charge in [-0.15, -0.1) is 0 Å². The van der Waals surface area contributed by atoms with Crippen molar-refractivity contribution in [2.45, 2.75) is 13.5 Å². The molecule has 0 aromatic heterocycles. The first-order chi connectivity index (χ1) is 15.9. The third-order valence-electron chi connectivity index (χ3n) is 4.36. The standard InChI is InChI=1S/C23H19BrClN3O5/c1-2-32-21-11-15(10-19(24)22(21)33-14-17-6-3-4-9-20(17)25)13-26-27-23(29)16-7-5-8-18(12-16)28(30)31/h3-13H,2,14H2,1H3,(H,27,29)/b26-13-. The molecule has 0 unspecified atom stereocenters. The van der Waals surface area contributed by atoms with Crippen molar-refractivity contribution in [3.05, 3.63) is 97.0 Å². The molecule has 0 fully saturated rings. The number of halogens is 2. The summed E-state index contributed by atoms with van der Waals surface area (Å²) < 4.78 is 12.3. The molecule has 0 saturated heterocycles. The van der Waals surface area contributed by atoms with Crippen LogP contribution in [0.3, 0.4) is 0 Å². The average molecular weight is 533 g/mol. The summed E-state index contributed by atoms with van der Waals surface area (Å²) in [6, 6.07) is 16.3. The summed E-state index contributed by atoms with van der Waals surface area (Å²) in [5, 5.41) is 15.4. The third-order valence-corrected chi connectivity index (χ3v) is 5.32. The molecule has 1 N–H and O–H groups in total. The van der Waals surface area contributed by atoms with E-state index in [1.807, 2.05) is 25.1 Å². The summed E-state index contributed by atoms with van der Waals surface area (Å²) in [5.41, 5.74) is 3.78. The van der Waals surface area contributed by atoms with Crippen molar-refractivity contribution in [2.75, 3.05) is 6.61 Å². The molecule has 0 aliphatic heterocycles. The molecular formula is C23H19BrClN3O5. The number of rotatable bonds is 9. The zero-order valence-electron chi connectivity index (χ0n) is 17.5. The molecule has 3 aromatic carbocycles. The first-order valence-electron chi connectivity index (χ1n) is 9.79. The lowest BCUT2D eigenvalue weighted by Crippen LogP contribution is -2.17. The van der Waals surface area contributed by atoms with Gasteiger partial charge in [-0.1, -0.05) is 35.9 Å². The van der Waals surface area contributed by atoms with Crippen LogP contribution in [0.4, 0.5) is 5.69 Å². The van der Waals surface area contributed by atoms with Crippen LogP contribution in [0.1, 0.15) is 28.4 Å². The molecule has 33 heavy (non-hydrogen) atoms. The molecule has 0 radical (unpaired) electrons. The number of hydrazone groups is 1. The van der Waals surface area contributed by atoms with Gasteiger partial charge in [0.25, 0.3) is 11.6 Å². The van der Waals surface area contributed by atoms with Crippen LogP contribution in [-0.2, 0) is 6.61 Å². The van der Waals surface area contributed by atoms with Gasteiger partial charge in [-0.05, 0) is 52.7 Å². The second-order valence-corrected chi connectivity index (χ2v) is 7.91. The molecule has 3 aromatic rings. The molecule has 170 valence electrons. The molecule has 0 aliphatic rings. The number of amides is 1. The van der Waals surface area contributed by atoms with Gasteiger partial charge in [0.05, 0.1) is 22.2 Å². The Morgan fingerprint density at radius 2 is 1.97 bits per heavy atom. The minimum atomic E-state index is -0.571. The lowest BCUT2D eigenvalue weighted by atomic mass is 10.2. The van der Waals surface area contributed by atoms with Gasteiger partial charge in [-0.3, -0.25) is 14.9 Å². The highest BCUT2D eigenvalue weighted by Crippen LogP contribution is 2.37. The van der Waals surface area contributed by atoms with Crippen molar-refractivity contribution in [3.8, 4) is 11.5 Å². The van der Waals surface area contributed by atoms with E-state index in [2.05, 4.69) is 26.5 Å². The largest absolute Gasteiger partial charge is 0.490 e. The fourth-order valence-electron chi connectivity index (χ4n) is 2.82. The predicted molar refractivity (Wildman–Crippen MR) is 129 cm³/mol. The summed E-state index contributed by atoms with van der Waals surface area (Å²) >= 11 is 9.69. The SMILES string of the molecule is CCOc1cc(/C=N\NC(=O)c2cccc([N+](=O)[O-])c2)cc(Br)c1OCc1ccccc1Cl. The summed E-state index contributed by atoms with van der Waals surface area (Å²) in [6.45, 7) is 2.52. The third kappa shape index (κ3) is 6.53. The van der Waals surface area contributed by atoms with Crippen LogP contribution in [0.25, 0.3) is 0 Å². The minimum Gasteiger partial charge on any atom is -0.490 e. The number of carbonyl (C=O) groups excluding carboxylic acids is 1. The maximum absolute atomic E-state index is 12.2. The Balaban J connectivity index is 1.73. The molecule has 8 nitrogen and oxygen atoms in total. The average Bonchev–Trinajstić information content (AvgIpc) is 2.80. The number of benzene rings is 3. The zero-order valence-corrected chi connectivity index (χ0v) is 19.8. The summed E-state index contributed by atoms with van der Waals surface area (Å²) in [4.78, 5) is 22.5. The van der Waals surface area contributed by atoms with Gasteiger partial charge in [0, 0.05) is 28.3 Å². The van der Waals surface area contributed by atoms with Crippen molar-refractivity contribution in [2.24, 2.45) is 5.10 Å². The fourth-order valence-corrected chi connectivity index (χ4v) is 3.59. The molecule has 0 heterocycles. The van der Waals surface area contributed by atoms with Crippen molar-refractivity contribution >= 4 is 45.3 Å². The van der Waals surface area contributed by atoms with E-state index in [4.69, 9.17) is 21.1 Å². The highest BCUT2D eigenvalue weighted by Gasteiger charge is 2.14. The molecule has 1 amide bonds. The van der Waals surface area contributed by atoms with Gasteiger partial charge in [-0.2, -0.15) is 5.10 Å². The maximum atomic E-state index is 12.2. The van der Waals surface area contributed by atoms with Gasteiger partial charge in [-0.25, -0.2) is 5.43 Å². The van der Waals surface area contributed by atoms with E-state index in [0.29, 0.717) is 33.2 Å². The predicted octanol–water partition coefficient (Wildman–Crippen LogP) is 5.75. The van der Waals surface area contributed by atoms with E-state index in [1.165, 1.54) is 30.5 Å². The smallest absolute Gasteiger partial charge is 0.271 e. The lowest BCUT2D eigenvalue weighted by Gasteiger charge is -2.15. The Hall–Kier alpha value is -3.43. The quantitative estimate of drug-likeness (QED) is 0.215. The summed E-state index contributed by atoms with van der Waals surface area (Å²) in [5.74, 6) is 0.429. The molecule has 0 atom stereocenters. The molecular weight excluding hydrogens is 514 g/mol. The monoisotopic (exact) mass is 531 g/mol. The number of nitrogens with zero attached hydrogens (tertiary/aromatic N) is 2. The zero-order chi connectivity index (χ0) is 23.8. The molecule has 10 heteroatoms. The summed E-state index contributed by atoms with van der Waals surface area (Å²) in [6.07, 6.45) is 1.43. The van der Waals surface area contributed by atoms with Gasteiger partial charge in [0.2, 0.25) is 0 Å². The number of hydrogen-bond donors (Lipinski definition) is 1.